The number of aromatic nitrogens is 2. The van der Waals surface area contributed by atoms with Crippen molar-refractivity contribution in [3.05, 3.63) is 71.6 Å². The number of benzene rings is 1. The van der Waals surface area contributed by atoms with Gasteiger partial charge in [-0.05, 0) is 30.3 Å². The van der Waals surface area contributed by atoms with Crippen molar-refractivity contribution >= 4 is 17.6 Å². The van der Waals surface area contributed by atoms with Crippen LogP contribution in [0.4, 0.5) is 36.4 Å². The Morgan fingerprint density at radius 1 is 0.972 bits per heavy atom. The van der Waals surface area contributed by atoms with Gasteiger partial charge in [0.2, 0.25) is 0 Å². The predicted octanol–water partition coefficient (Wildman–Crippen LogP) is 5.06. The number of carboxylic acids is 1. The summed E-state index contributed by atoms with van der Waals surface area (Å²) in [4.78, 5) is 31.5. The molecule has 1 aromatic carbocycles. The second kappa shape index (κ2) is 9.79. The number of anilines is 1. The number of hydrogen-bond acceptors (Lipinski definition) is 5. The molecule has 0 aliphatic rings. The zero-order chi connectivity index (χ0) is 26.8. The summed E-state index contributed by atoms with van der Waals surface area (Å²) in [5.41, 5.74) is -5.23. The number of carbonyl (C=O) groups excluding carboxylic acids is 1. The zero-order valence-electron chi connectivity index (χ0n) is 18.0. The molecule has 2 heterocycles. The molecule has 0 radical (unpaired) electrons. The molecule has 7 nitrogen and oxygen atoms in total. The Labute approximate surface area is 197 Å². The Morgan fingerprint density at radius 3 is 2.11 bits per heavy atom. The minimum absolute atomic E-state index is 0.0394. The third kappa shape index (κ3) is 5.70. The van der Waals surface area contributed by atoms with Gasteiger partial charge in [0.15, 0.2) is 0 Å². The van der Waals surface area contributed by atoms with Crippen molar-refractivity contribution in [3.63, 3.8) is 0 Å². The molecule has 0 unspecified atom stereocenters. The fourth-order valence-corrected chi connectivity index (χ4v) is 3.22. The molecule has 0 atom stereocenters. The molecule has 0 bridgehead atoms. The molecule has 3 aromatic rings. The van der Waals surface area contributed by atoms with E-state index in [0.717, 1.165) is 18.3 Å². The highest BCUT2D eigenvalue weighted by Gasteiger charge is 2.40. The van der Waals surface area contributed by atoms with Gasteiger partial charge in [-0.25, -0.2) is 9.37 Å². The Hall–Kier alpha value is -4.23. The van der Waals surface area contributed by atoms with Crippen molar-refractivity contribution in [3.8, 4) is 16.9 Å². The number of methoxy groups -OCH3 is 1. The third-order valence-corrected chi connectivity index (χ3v) is 4.74. The quantitative estimate of drug-likeness (QED) is 0.460. The lowest BCUT2D eigenvalue weighted by Crippen LogP contribution is -2.36. The lowest BCUT2D eigenvalue weighted by molar-refractivity contribution is -0.150. The molecule has 0 saturated carbocycles. The number of ether oxygens (including phenoxy) is 1. The van der Waals surface area contributed by atoms with Gasteiger partial charge in [0.25, 0.3) is 5.91 Å². The van der Waals surface area contributed by atoms with Gasteiger partial charge in [-0.1, -0.05) is 0 Å². The van der Waals surface area contributed by atoms with Crippen LogP contribution in [-0.2, 0) is 17.1 Å². The van der Waals surface area contributed by atoms with Gasteiger partial charge in [-0.2, -0.15) is 26.3 Å². The summed E-state index contributed by atoms with van der Waals surface area (Å²) in [7, 11) is 1.20. The molecular weight excluding hydrogens is 503 g/mol. The van der Waals surface area contributed by atoms with Crippen LogP contribution in [0.3, 0.4) is 0 Å². The first kappa shape index (κ1) is 26.4. The molecule has 14 heteroatoms. The topological polar surface area (TPSA) is 92.6 Å². The molecule has 2 aromatic heterocycles. The number of pyridine rings is 2. The van der Waals surface area contributed by atoms with Gasteiger partial charge in [0, 0.05) is 29.0 Å². The molecule has 0 saturated heterocycles. The van der Waals surface area contributed by atoms with Crippen LogP contribution in [0, 0.1) is 5.82 Å². The molecule has 0 spiro atoms. The minimum atomic E-state index is -5.34. The first-order valence-electron chi connectivity index (χ1n) is 9.70. The highest BCUT2D eigenvalue weighted by Crippen LogP contribution is 2.38. The molecule has 0 fully saturated rings. The number of halogens is 7. The Kier molecular flexibility index (Phi) is 7.17. The van der Waals surface area contributed by atoms with E-state index < -0.39 is 53.5 Å². The lowest BCUT2D eigenvalue weighted by atomic mass is 10.0. The van der Waals surface area contributed by atoms with Gasteiger partial charge in [-0.15, -0.1) is 0 Å². The van der Waals surface area contributed by atoms with Crippen LogP contribution >= 0.6 is 0 Å². The van der Waals surface area contributed by atoms with Crippen molar-refractivity contribution in [1.29, 1.82) is 0 Å². The van der Waals surface area contributed by atoms with E-state index in [1.165, 1.54) is 25.4 Å². The van der Waals surface area contributed by atoms with Crippen molar-refractivity contribution < 1.29 is 50.2 Å². The Morgan fingerprint density at radius 2 is 1.58 bits per heavy atom. The number of amides is 1. The molecule has 3 rings (SSSR count). The van der Waals surface area contributed by atoms with E-state index in [4.69, 9.17) is 4.74 Å². The third-order valence-electron chi connectivity index (χ3n) is 4.74. The average Bonchev–Trinajstić information content (AvgIpc) is 2.80. The molecule has 0 aliphatic heterocycles. The summed E-state index contributed by atoms with van der Waals surface area (Å²) in [6.07, 6.45) is -8.47. The monoisotopic (exact) mass is 517 g/mol. The van der Waals surface area contributed by atoms with E-state index in [1.807, 2.05) is 0 Å². The largest absolute Gasteiger partial charge is 0.496 e. The van der Waals surface area contributed by atoms with Crippen molar-refractivity contribution in [2.45, 2.75) is 12.4 Å². The van der Waals surface area contributed by atoms with Gasteiger partial charge < -0.3 is 9.84 Å². The predicted molar refractivity (Wildman–Crippen MR) is 110 cm³/mol. The van der Waals surface area contributed by atoms with Gasteiger partial charge in [-0.3, -0.25) is 19.5 Å². The van der Waals surface area contributed by atoms with Gasteiger partial charge >= 0.3 is 18.3 Å². The van der Waals surface area contributed by atoms with Crippen LogP contribution in [0.25, 0.3) is 11.1 Å². The number of carbonyl (C=O) groups is 2. The minimum Gasteiger partial charge on any atom is -0.496 e. The fraction of sp³-hybridized carbons (Fsp3) is 0.182. The summed E-state index contributed by atoms with van der Waals surface area (Å²) < 4.78 is 98.2. The fourth-order valence-electron chi connectivity index (χ4n) is 3.22. The van der Waals surface area contributed by atoms with Crippen LogP contribution in [0.5, 0.6) is 5.75 Å². The SMILES string of the molecule is COc1cc(F)ccc1-c1ccncc1N(CC(=O)O)C(=O)c1cc(C(F)(F)F)nc(C(F)(F)F)c1. The molecule has 190 valence electrons. The maximum Gasteiger partial charge on any atom is 0.433 e. The van der Waals surface area contributed by atoms with E-state index in [-0.39, 0.29) is 34.7 Å². The highest BCUT2D eigenvalue weighted by molar-refractivity contribution is 6.10. The number of alkyl halides is 6. The van der Waals surface area contributed by atoms with Crippen LogP contribution in [0.1, 0.15) is 21.7 Å². The second-order valence-electron chi connectivity index (χ2n) is 7.14. The second-order valence-corrected chi connectivity index (χ2v) is 7.14. The van der Waals surface area contributed by atoms with E-state index in [2.05, 4.69) is 9.97 Å². The smallest absolute Gasteiger partial charge is 0.433 e. The van der Waals surface area contributed by atoms with E-state index in [0.29, 0.717) is 4.90 Å². The van der Waals surface area contributed by atoms with Crippen LogP contribution < -0.4 is 9.64 Å². The molecule has 0 aliphatic carbocycles. The Balaban J connectivity index is 2.23. The first-order valence-corrected chi connectivity index (χ1v) is 9.70. The summed E-state index contributed by atoms with van der Waals surface area (Å²) in [6.45, 7) is -1.16. The van der Waals surface area contributed by atoms with Crippen LogP contribution in [0.15, 0.2) is 48.8 Å². The summed E-state index contributed by atoms with van der Waals surface area (Å²) >= 11 is 0. The normalized spacial score (nSPS) is 11.8. The van der Waals surface area contributed by atoms with E-state index >= 15 is 0 Å². The van der Waals surface area contributed by atoms with Crippen molar-refractivity contribution in [1.82, 2.24) is 9.97 Å². The average molecular weight is 517 g/mol. The molecule has 36 heavy (non-hydrogen) atoms. The first-order chi connectivity index (χ1) is 16.7. The molecule has 1 N–H and O–H groups in total. The maximum absolute atomic E-state index is 13.7. The Bertz CT molecular complexity index is 1280. The standard InChI is InChI=1S/C22H14F7N3O4/c1-36-16-8-12(23)2-3-14(16)13-4-5-30-9-15(13)32(10-19(33)34)20(35)11-6-17(21(24,25)26)31-18(7-11)22(27,28)29/h2-9H,10H2,1H3,(H,33,34). The van der Waals surface area contributed by atoms with E-state index in [9.17, 15) is 45.4 Å². The number of carboxylic acid groups (broad SMARTS) is 1. The van der Waals surface area contributed by atoms with Gasteiger partial charge in [0.1, 0.15) is 29.5 Å². The highest BCUT2D eigenvalue weighted by atomic mass is 19.4. The summed E-state index contributed by atoms with van der Waals surface area (Å²) in [5, 5.41) is 9.35. The number of aliphatic carboxylic acids is 1. The number of hydrogen-bond donors (Lipinski definition) is 1. The van der Waals surface area contributed by atoms with E-state index in [1.54, 1.807) is 0 Å². The van der Waals surface area contributed by atoms with Crippen molar-refractivity contribution in [2.75, 3.05) is 18.6 Å². The maximum atomic E-state index is 13.7. The van der Waals surface area contributed by atoms with Crippen molar-refractivity contribution in [2.24, 2.45) is 0 Å². The summed E-state index contributed by atoms with van der Waals surface area (Å²) in [6, 6.07) is 4.69. The number of nitrogens with zero attached hydrogens (tertiary/aromatic N) is 3. The zero-order valence-corrected chi connectivity index (χ0v) is 18.0. The van der Waals surface area contributed by atoms with Gasteiger partial charge in [0.05, 0.1) is 19.0 Å². The molecular formula is C22H14F7N3O4. The number of rotatable bonds is 6. The van der Waals surface area contributed by atoms with Crippen LogP contribution in [0.2, 0.25) is 0 Å². The lowest BCUT2D eigenvalue weighted by Gasteiger charge is -2.24. The van der Waals surface area contributed by atoms with Crippen LogP contribution in [-0.4, -0.2) is 40.6 Å². The summed E-state index contributed by atoms with van der Waals surface area (Å²) in [5.74, 6) is -3.88. The molecule has 1 amide bonds.